The fraction of sp³-hybridized carbons (Fsp3) is 0.316. The van der Waals surface area contributed by atoms with Crippen molar-refractivity contribution in [2.45, 2.75) is 25.7 Å². The highest BCUT2D eigenvalue weighted by molar-refractivity contribution is 7.15. The van der Waals surface area contributed by atoms with Gasteiger partial charge in [0.25, 0.3) is 5.91 Å². The van der Waals surface area contributed by atoms with Crippen LogP contribution >= 0.6 is 34.5 Å². The number of thiophene rings is 1. The third-order valence-corrected chi connectivity index (χ3v) is 6.36. The molecule has 1 saturated carbocycles. The molecule has 2 atom stereocenters. The van der Waals surface area contributed by atoms with Crippen LogP contribution in [0.25, 0.3) is 11.1 Å². The summed E-state index contributed by atoms with van der Waals surface area (Å²) in [5.41, 5.74) is 6.76. The summed E-state index contributed by atoms with van der Waals surface area (Å²) in [6.45, 7) is 0. The molecule has 148 valence electrons. The van der Waals surface area contributed by atoms with Crippen molar-refractivity contribution in [3.63, 3.8) is 0 Å². The first-order valence-corrected chi connectivity index (χ1v) is 10.3. The van der Waals surface area contributed by atoms with E-state index in [0.717, 1.165) is 24.2 Å². The van der Waals surface area contributed by atoms with Crippen LogP contribution in [0, 0.1) is 11.8 Å². The van der Waals surface area contributed by atoms with E-state index in [-0.39, 0.29) is 10.6 Å². The van der Waals surface area contributed by atoms with Crippen LogP contribution in [0.2, 0.25) is 10.0 Å². The Bertz CT molecular complexity index is 944. The molecule has 1 aliphatic rings. The molecule has 28 heavy (non-hydrogen) atoms. The van der Waals surface area contributed by atoms with Crippen LogP contribution in [0.5, 0.6) is 0 Å². The van der Waals surface area contributed by atoms with Crippen molar-refractivity contribution in [2.24, 2.45) is 17.6 Å². The Morgan fingerprint density at radius 3 is 2.39 bits per heavy atom. The molecule has 1 aromatic carbocycles. The number of hydrogen-bond acceptors (Lipinski definition) is 4. The van der Waals surface area contributed by atoms with Gasteiger partial charge in [-0.05, 0) is 25.0 Å². The molecule has 0 saturated heterocycles. The van der Waals surface area contributed by atoms with Crippen molar-refractivity contribution >= 4 is 57.3 Å². The summed E-state index contributed by atoms with van der Waals surface area (Å²) in [5, 5.41) is 14.9. The predicted octanol–water partition coefficient (Wildman–Crippen LogP) is 4.65. The van der Waals surface area contributed by atoms with Gasteiger partial charge in [0.05, 0.1) is 17.4 Å². The molecule has 3 rings (SSSR count). The molecular weight excluding hydrogens is 423 g/mol. The predicted molar refractivity (Wildman–Crippen MR) is 110 cm³/mol. The lowest BCUT2D eigenvalue weighted by Gasteiger charge is -2.27. The molecule has 0 spiro atoms. The van der Waals surface area contributed by atoms with Gasteiger partial charge in [0, 0.05) is 26.6 Å². The highest BCUT2D eigenvalue weighted by atomic mass is 35.5. The van der Waals surface area contributed by atoms with Crippen molar-refractivity contribution in [1.82, 2.24) is 0 Å². The molecule has 1 aromatic heterocycles. The second-order valence-corrected chi connectivity index (χ2v) is 8.39. The summed E-state index contributed by atoms with van der Waals surface area (Å²) in [4.78, 5) is 36.3. The van der Waals surface area contributed by atoms with Crippen LogP contribution in [-0.4, -0.2) is 22.9 Å². The minimum Gasteiger partial charge on any atom is -0.481 e. The lowest BCUT2D eigenvalue weighted by molar-refractivity contribution is -0.147. The molecule has 4 N–H and O–H groups in total. The van der Waals surface area contributed by atoms with Gasteiger partial charge in [-0.25, -0.2) is 0 Å². The number of carbonyl (C=O) groups is 3. The lowest BCUT2D eigenvalue weighted by Crippen LogP contribution is -2.36. The van der Waals surface area contributed by atoms with Crippen LogP contribution in [0.3, 0.4) is 0 Å². The van der Waals surface area contributed by atoms with Gasteiger partial charge in [-0.3, -0.25) is 14.4 Å². The molecule has 2 amide bonds. The zero-order chi connectivity index (χ0) is 20.4. The SMILES string of the molecule is NC(=O)c1c(-c2ccc(Cl)cc2Cl)csc1NC(=O)[C@H]1CCCC[C@@H]1C(=O)O. The summed E-state index contributed by atoms with van der Waals surface area (Å²) >= 11 is 13.3. The van der Waals surface area contributed by atoms with Crippen molar-refractivity contribution in [2.75, 3.05) is 5.32 Å². The van der Waals surface area contributed by atoms with E-state index in [1.54, 1.807) is 23.6 Å². The van der Waals surface area contributed by atoms with Gasteiger partial charge in [-0.1, -0.05) is 42.1 Å². The second-order valence-electron chi connectivity index (χ2n) is 6.67. The average molecular weight is 441 g/mol. The lowest BCUT2D eigenvalue weighted by atomic mass is 9.78. The summed E-state index contributed by atoms with van der Waals surface area (Å²) in [6.07, 6.45) is 2.54. The van der Waals surface area contributed by atoms with Gasteiger partial charge in [-0.2, -0.15) is 0 Å². The molecule has 0 unspecified atom stereocenters. The van der Waals surface area contributed by atoms with Crippen LogP contribution < -0.4 is 11.1 Å². The van der Waals surface area contributed by atoms with Gasteiger partial charge in [0.1, 0.15) is 5.00 Å². The molecule has 0 bridgehead atoms. The Hall–Kier alpha value is -2.09. The maximum absolute atomic E-state index is 12.8. The number of anilines is 1. The van der Waals surface area contributed by atoms with E-state index in [2.05, 4.69) is 5.32 Å². The molecule has 1 aliphatic carbocycles. The number of nitrogens with two attached hydrogens (primary N) is 1. The number of carbonyl (C=O) groups excluding carboxylic acids is 2. The van der Waals surface area contributed by atoms with Crippen molar-refractivity contribution in [3.8, 4) is 11.1 Å². The zero-order valence-corrected chi connectivity index (χ0v) is 17.0. The molecule has 1 fully saturated rings. The maximum Gasteiger partial charge on any atom is 0.307 e. The Labute approximate surface area is 175 Å². The minimum atomic E-state index is -0.977. The van der Waals surface area contributed by atoms with E-state index in [0.29, 0.717) is 34.0 Å². The fourth-order valence-electron chi connectivity index (χ4n) is 3.55. The van der Waals surface area contributed by atoms with Crippen molar-refractivity contribution in [3.05, 3.63) is 39.2 Å². The smallest absolute Gasteiger partial charge is 0.307 e. The summed E-state index contributed by atoms with van der Waals surface area (Å²) in [5.74, 6) is -3.47. The first-order chi connectivity index (χ1) is 13.3. The zero-order valence-electron chi connectivity index (χ0n) is 14.7. The number of nitrogens with one attached hydrogen (secondary N) is 1. The third kappa shape index (κ3) is 4.16. The van der Waals surface area contributed by atoms with E-state index in [9.17, 15) is 19.5 Å². The fourth-order valence-corrected chi connectivity index (χ4v) is 5.02. The number of amides is 2. The quantitative estimate of drug-likeness (QED) is 0.627. The van der Waals surface area contributed by atoms with Crippen LogP contribution in [0.1, 0.15) is 36.0 Å². The first kappa shape index (κ1) is 20.6. The Morgan fingerprint density at radius 1 is 1.11 bits per heavy atom. The first-order valence-electron chi connectivity index (χ1n) is 8.70. The van der Waals surface area contributed by atoms with Crippen LogP contribution in [-0.2, 0) is 9.59 Å². The third-order valence-electron chi connectivity index (χ3n) is 4.92. The molecular formula is C19H18Cl2N2O4S. The van der Waals surface area contributed by atoms with Gasteiger partial charge < -0.3 is 16.2 Å². The highest BCUT2D eigenvalue weighted by Gasteiger charge is 2.36. The van der Waals surface area contributed by atoms with E-state index < -0.39 is 29.6 Å². The van der Waals surface area contributed by atoms with Crippen LogP contribution in [0.15, 0.2) is 23.6 Å². The summed E-state index contributed by atoms with van der Waals surface area (Å²) in [6, 6.07) is 4.87. The minimum absolute atomic E-state index is 0.144. The number of primary amides is 1. The summed E-state index contributed by atoms with van der Waals surface area (Å²) < 4.78 is 0. The number of rotatable bonds is 5. The maximum atomic E-state index is 12.8. The monoisotopic (exact) mass is 440 g/mol. The number of carboxylic acid groups (broad SMARTS) is 1. The van der Waals surface area contributed by atoms with Gasteiger partial charge in [0.15, 0.2) is 0 Å². The molecule has 9 heteroatoms. The average Bonchev–Trinajstić information content (AvgIpc) is 3.05. The molecule has 1 heterocycles. The number of benzene rings is 1. The molecule has 0 aliphatic heterocycles. The van der Waals surface area contributed by atoms with Crippen molar-refractivity contribution in [1.29, 1.82) is 0 Å². The number of halogens is 2. The van der Waals surface area contributed by atoms with E-state index in [4.69, 9.17) is 28.9 Å². The molecule has 0 radical (unpaired) electrons. The Morgan fingerprint density at radius 2 is 1.79 bits per heavy atom. The van der Waals surface area contributed by atoms with E-state index in [1.807, 2.05) is 0 Å². The number of aliphatic carboxylic acids is 1. The van der Waals surface area contributed by atoms with Crippen LogP contribution in [0.4, 0.5) is 5.00 Å². The van der Waals surface area contributed by atoms with Gasteiger partial charge in [-0.15, -0.1) is 11.3 Å². The standard InChI is InChI=1S/C19H18Cl2N2O4S/c20-9-5-6-10(14(21)7-9)13-8-28-18(15(13)16(22)24)23-17(25)11-3-1-2-4-12(11)19(26)27/h5-8,11-12H,1-4H2,(H2,22,24)(H,23,25)(H,26,27)/t11-,12-/m0/s1. The van der Waals surface area contributed by atoms with E-state index >= 15 is 0 Å². The number of hydrogen-bond donors (Lipinski definition) is 3. The van der Waals surface area contributed by atoms with E-state index in [1.165, 1.54) is 0 Å². The van der Waals surface area contributed by atoms with Gasteiger partial charge in [0.2, 0.25) is 5.91 Å². The topological polar surface area (TPSA) is 109 Å². The largest absolute Gasteiger partial charge is 0.481 e. The second kappa shape index (κ2) is 8.51. The van der Waals surface area contributed by atoms with Crippen molar-refractivity contribution < 1.29 is 19.5 Å². The molecule has 6 nitrogen and oxygen atoms in total. The molecule has 2 aromatic rings. The number of carboxylic acids is 1. The highest BCUT2D eigenvalue weighted by Crippen LogP contribution is 2.40. The Balaban J connectivity index is 1.92. The summed E-state index contributed by atoms with van der Waals surface area (Å²) in [7, 11) is 0. The Kier molecular flexibility index (Phi) is 6.27. The normalized spacial score (nSPS) is 19.2. The van der Waals surface area contributed by atoms with Gasteiger partial charge >= 0.3 is 5.97 Å².